The van der Waals surface area contributed by atoms with Crippen LogP contribution in [0.15, 0.2) is 24.3 Å². The van der Waals surface area contributed by atoms with E-state index in [1.165, 1.54) is 9.80 Å². The van der Waals surface area contributed by atoms with E-state index in [1.807, 2.05) is 0 Å². The summed E-state index contributed by atoms with van der Waals surface area (Å²) in [6.07, 6.45) is 0.914. The number of rotatable bonds is 4. The van der Waals surface area contributed by atoms with Gasteiger partial charge in [0.1, 0.15) is 0 Å². The maximum atomic E-state index is 11.9. The van der Waals surface area contributed by atoms with Crippen LogP contribution in [-0.4, -0.2) is 43.1 Å². The van der Waals surface area contributed by atoms with E-state index in [4.69, 9.17) is 0 Å². The lowest BCUT2D eigenvalue weighted by atomic mass is 10.1. The Bertz CT molecular complexity index is 537. The van der Waals surface area contributed by atoms with E-state index in [0.717, 1.165) is 0 Å². The molecule has 0 atom stereocenters. The Balaban J connectivity index is 2.04. The van der Waals surface area contributed by atoms with Crippen molar-refractivity contribution in [1.82, 2.24) is 4.90 Å². The first-order valence-electron chi connectivity index (χ1n) is 6.17. The molecule has 1 aromatic carbocycles. The van der Waals surface area contributed by atoms with Crippen LogP contribution in [0.5, 0.6) is 0 Å². The smallest absolute Gasteiger partial charge is 0.299 e. The molecular weight excluding hydrogens is 244 g/mol. The molecule has 0 fully saturated rings. The molecule has 19 heavy (non-hydrogen) atoms. The number of carbonyl (C=O) groups is 3. The molecule has 0 spiro atoms. The van der Waals surface area contributed by atoms with Gasteiger partial charge in [0.25, 0.3) is 11.7 Å². The zero-order chi connectivity index (χ0) is 14.0. The Kier molecular flexibility index (Phi) is 3.64. The molecule has 0 aliphatic carbocycles. The van der Waals surface area contributed by atoms with Gasteiger partial charge in [0, 0.05) is 27.1 Å². The van der Waals surface area contributed by atoms with E-state index in [9.17, 15) is 14.4 Å². The number of amides is 2. The van der Waals surface area contributed by atoms with Crippen molar-refractivity contribution in [3.8, 4) is 0 Å². The first-order valence-corrected chi connectivity index (χ1v) is 6.17. The van der Waals surface area contributed by atoms with Crippen molar-refractivity contribution < 1.29 is 14.4 Å². The second-order valence-electron chi connectivity index (χ2n) is 4.69. The number of hydrogen-bond donors (Lipinski definition) is 0. The van der Waals surface area contributed by atoms with E-state index in [-0.39, 0.29) is 5.91 Å². The van der Waals surface area contributed by atoms with Crippen LogP contribution in [-0.2, 0) is 9.59 Å². The van der Waals surface area contributed by atoms with Gasteiger partial charge in [0.2, 0.25) is 5.91 Å². The Labute approximate surface area is 111 Å². The number of fused-ring (bicyclic) bond motifs is 1. The fourth-order valence-electron chi connectivity index (χ4n) is 2.08. The van der Waals surface area contributed by atoms with E-state index in [1.54, 1.807) is 38.4 Å². The average Bonchev–Trinajstić information content (AvgIpc) is 2.64. The maximum absolute atomic E-state index is 11.9. The molecule has 0 bridgehead atoms. The predicted molar refractivity (Wildman–Crippen MR) is 71.1 cm³/mol. The molecule has 0 radical (unpaired) electrons. The quantitative estimate of drug-likeness (QED) is 0.761. The number of anilines is 1. The highest BCUT2D eigenvalue weighted by molar-refractivity contribution is 6.52. The normalized spacial score (nSPS) is 13.7. The van der Waals surface area contributed by atoms with Crippen LogP contribution in [0.3, 0.4) is 0 Å². The number of hydrogen-bond acceptors (Lipinski definition) is 3. The second-order valence-corrected chi connectivity index (χ2v) is 4.69. The van der Waals surface area contributed by atoms with Crippen LogP contribution in [0.25, 0.3) is 0 Å². The zero-order valence-corrected chi connectivity index (χ0v) is 11.0. The molecule has 1 aliphatic heterocycles. The van der Waals surface area contributed by atoms with Crippen molar-refractivity contribution in [3.63, 3.8) is 0 Å². The third-order valence-corrected chi connectivity index (χ3v) is 3.15. The summed E-state index contributed by atoms with van der Waals surface area (Å²) in [6, 6.07) is 6.94. The fraction of sp³-hybridized carbons (Fsp3) is 0.357. The lowest BCUT2D eigenvalue weighted by Crippen LogP contribution is -2.31. The van der Waals surface area contributed by atoms with Gasteiger partial charge < -0.3 is 9.80 Å². The number of Topliss-reactive ketones (excluding diaryl/α,β-unsaturated/α-hetero) is 1. The van der Waals surface area contributed by atoms with Gasteiger partial charge in [0.15, 0.2) is 0 Å². The predicted octanol–water partition coefficient (Wildman–Crippen LogP) is 1.08. The number of benzene rings is 1. The molecule has 2 rings (SSSR count). The Morgan fingerprint density at radius 2 is 1.89 bits per heavy atom. The fourth-order valence-corrected chi connectivity index (χ4v) is 2.08. The molecule has 0 saturated carbocycles. The van der Waals surface area contributed by atoms with Gasteiger partial charge >= 0.3 is 0 Å². The highest BCUT2D eigenvalue weighted by Gasteiger charge is 2.34. The van der Waals surface area contributed by atoms with Crippen molar-refractivity contribution in [1.29, 1.82) is 0 Å². The number of nitrogens with zero attached hydrogens (tertiary/aromatic N) is 2. The number of para-hydroxylation sites is 1. The minimum atomic E-state index is -0.501. The summed E-state index contributed by atoms with van der Waals surface area (Å²) in [6.45, 7) is 0.390. The van der Waals surface area contributed by atoms with Gasteiger partial charge in [0.05, 0.1) is 11.3 Å². The molecule has 100 valence electrons. The molecule has 1 aliphatic rings. The monoisotopic (exact) mass is 260 g/mol. The summed E-state index contributed by atoms with van der Waals surface area (Å²) in [4.78, 5) is 38.0. The molecule has 0 N–H and O–H groups in total. The zero-order valence-electron chi connectivity index (χ0n) is 11.0. The first kappa shape index (κ1) is 13.3. The van der Waals surface area contributed by atoms with Gasteiger partial charge in [-0.05, 0) is 18.6 Å². The van der Waals surface area contributed by atoms with E-state index < -0.39 is 11.7 Å². The third kappa shape index (κ3) is 2.50. The second kappa shape index (κ2) is 5.22. The largest absolute Gasteiger partial charge is 0.349 e. The van der Waals surface area contributed by atoms with Crippen LogP contribution in [0.2, 0.25) is 0 Å². The Hall–Kier alpha value is -2.17. The summed E-state index contributed by atoms with van der Waals surface area (Å²) in [5.74, 6) is -0.945. The van der Waals surface area contributed by atoms with Crippen molar-refractivity contribution in [2.24, 2.45) is 0 Å². The summed E-state index contributed by atoms with van der Waals surface area (Å²) in [5, 5.41) is 0. The van der Waals surface area contributed by atoms with E-state index >= 15 is 0 Å². The molecule has 0 saturated heterocycles. The van der Waals surface area contributed by atoms with Crippen molar-refractivity contribution in [2.75, 3.05) is 25.5 Å². The van der Waals surface area contributed by atoms with Crippen LogP contribution >= 0.6 is 0 Å². The van der Waals surface area contributed by atoms with Crippen LogP contribution in [0.1, 0.15) is 23.2 Å². The standard InChI is InChI=1S/C14H16N2O3/c1-15(2)12(17)8-5-9-16-11-7-4-3-6-10(11)13(18)14(16)19/h3-4,6-7H,5,8-9H2,1-2H3. The summed E-state index contributed by atoms with van der Waals surface area (Å²) >= 11 is 0. The summed E-state index contributed by atoms with van der Waals surface area (Å²) in [7, 11) is 3.39. The van der Waals surface area contributed by atoms with E-state index in [0.29, 0.717) is 30.6 Å². The highest BCUT2D eigenvalue weighted by atomic mass is 16.2. The molecule has 0 unspecified atom stereocenters. The molecule has 2 amide bonds. The van der Waals surface area contributed by atoms with Crippen molar-refractivity contribution in [3.05, 3.63) is 29.8 Å². The Morgan fingerprint density at radius 3 is 2.58 bits per heavy atom. The van der Waals surface area contributed by atoms with Gasteiger partial charge in [-0.3, -0.25) is 14.4 Å². The minimum absolute atomic E-state index is 0.0197. The van der Waals surface area contributed by atoms with Crippen LogP contribution in [0, 0.1) is 0 Å². The minimum Gasteiger partial charge on any atom is -0.349 e. The molecular formula is C14H16N2O3. The van der Waals surface area contributed by atoms with Crippen LogP contribution < -0.4 is 4.90 Å². The van der Waals surface area contributed by atoms with Gasteiger partial charge in [-0.25, -0.2) is 0 Å². The SMILES string of the molecule is CN(C)C(=O)CCCN1C(=O)C(=O)c2ccccc21. The molecule has 1 aromatic rings. The maximum Gasteiger partial charge on any atom is 0.299 e. The van der Waals surface area contributed by atoms with Gasteiger partial charge in [-0.2, -0.15) is 0 Å². The first-order chi connectivity index (χ1) is 9.02. The van der Waals surface area contributed by atoms with E-state index in [2.05, 4.69) is 0 Å². The van der Waals surface area contributed by atoms with Gasteiger partial charge in [-0.1, -0.05) is 12.1 Å². The lowest BCUT2D eigenvalue weighted by Gasteiger charge is -2.17. The Morgan fingerprint density at radius 1 is 1.21 bits per heavy atom. The molecule has 0 aromatic heterocycles. The van der Waals surface area contributed by atoms with Crippen molar-refractivity contribution in [2.45, 2.75) is 12.8 Å². The summed E-state index contributed by atoms with van der Waals surface area (Å²) in [5.41, 5.74) is 1.10. The number of carbonyl (C=O) groups excluding carboxylic acids is 3. The number of ketones is 1. The molecule has 5 heteroatoms. The highest BCUT2D eigenvalue weighted by Crippen LogP contribution is 2.28. The van der Waals surface area contributed by atoms with Crippen LogP contribution in [0.4, 0.5) is 5.69 Å². The summed E-state index contributed by atoms with van der Waals surface area (Å²) < 4.78 is 0. The topological polar surface area (TPSA) is 57.7 Å². The molecule has 1 heterocycles. The molecule has 5 nitrogen and oxygen atoms in total. The van der Waals surface area contributed by atoms with Crippen molar-refractivity contribution >= 4 is 23.3 Å². The third-order valence-electron chi connectivity index (χ3n) is 3.15. The average molecular weight is 260 g/mol. The lowest BCUT2D eigenvalue weighted by molar-refractivity contribution is -0.128. The van der Waals surface area contributed by atoms with Gasteiger partial charge in [-0.15, -0.1) is 0 Å².